The van der Waals surface area contributed by atoms with Crippen LogP contribution in [-0.2, 0) is 0 Å². The Morgan fingerprint density at radius 1 is 0.620 bits per heavy atom. The molecular formula is C45H37N5. The Balaban J connectivity index is 1.08. The first-order chi connectivity index (χ1) is 24.8. The Morgan fingerprint density at radius 2 is 1.34 bits per heavy atom. The molecular weight excluding hydrogens is 611 g/mol. The average molecular weight is 648 g/mol. The highest BCUT2D eigenvalue weighted by Gasteiger charge is 2.37. The summed E-state index contributed by atoms with van der Waals surface area (Å²) < 4.78 is 2.21. The fourth-order valence-electron chi connectivity index (χ4n) is 7.57. The van der Waals surface area contributed by atoms with E-state index in [0.717, 1.165) is 59.2 Å². The Labute approximate surface area is 293 Å². The zero-order valence-electron chi connectivity index (χ0n) is 27.8. The lowest BCUT2D eigenvalue weighted by atomic mass is 9.91. The molecule has 3 aliphatic carbocycles. The highest BCUT2D eigenvalue weighted by molar-refractivity contribution is 5.82. The largest absolute Gasteiger partial charge is 0.333 e. The van der Waals surface area contributed by atoms with Gasteiger partial charge in [0.05, 0.1) is 6.04 Å². The molecule has 0 radical (unpaired) electrons. The zero-order valence-corrected chi connectivity index (χ0v) is 27.8. The van der Waals surface area contributed by atoms with E-state index < -0.39 is 0 Å². The molecule has 4 aliphatic rings. The third-order valence-electron chi connectivity index (χ3n) is 9.93. The number of benzene rings is 4. The number of fused-ring (bicyclic) bond motifs is 3. The van der Waals surface area contributed by atoms with E-state index in [2.05, 4.69) is 190 Å². The van der Waals surface area contributed by atoms with Crippen LogP contribution in [0.2, 0.25) is 0 Å². The van der Waals surface area contributed by atoms with E-state index in [4.69, 9.17) is 10.2 Å². The summed E-state index contributed by atoms with van der Waals surface area (Å²) >= 11 is 0. The third kappa shape index (κ3) is 5.37. The standard InChI is InChI=1S/C45H37N5/c1-2-8-20-36(19-7-1)50-44(33-15-5-3-6-16-33)46-47-45(50)34-25-27-37(28-26-34)48(35-17-9-4-10-18-35)38-29-31-39(32-30-38)49-42-23-13-11-21-40(42)41-22-12-14-24-43(41)49/h1,3-5,7-15,17-32,40,42H,2,6,16H2. The fourth-order valence-corrected chi connectivity index (χ4v) is 7.57. The molecule has 1 aromatic heterocycles. The van der Waals surface area contributed by atoms with Crippen molar-refractivity contribution in [3.8, 4) is 11.4 Å². The molecule has 0 saturated carbocycles. The van der Waals surface area contributed by atoms with Crippen LogP contribution in [0, 0.1) is 0 Å². The molecule has 0 amide bonds. The van der Waals surface area contributed by atoms with E-state index in [9.17, 15) is 0 Å². The number of allylic oxidation sites excluding steroid dienone is 12. The summed E-state index contributed by atoms with van der Waals surface area (Å²) in [4.78, 5) is 4.79. The molecule has 2 atom stereocenters. The molecule has 5 heteroatoms. The van der Waals surface area contributed by atoms with Crippen LogP contribution in [0.3, 0.4) is 0 Å². The molecule has 1 aliphatic heterocycles. The molecule has 0 N–H and O–H groups in total. The number of nitrogens with zero attached hydrogens (tertiary/aromatic N) is 5. The van der Waals surface area contributed by atoms with E-state index in [0.29, 0.717) is 5.92 Å². The van der Waals surface area contributed by atoms with Gasteiger partial charge in [0.2, 0.25) is 0 Å². The number of hydrogen-bond donors (Lipinski definition) is 0. The molecule has 9 rings (SSSR count). The van der Waals surface area contributed by atoms with Gasteiger partial charge in [-0.05, 0) is 109 Å². The van der Waals surface area contributed by atoms with E-state index in [1.54, 1.807) is 0 Å². The fraction of sp³-hybridized carbons (Fsp3) is 0.111. The van der Waals surface area contributed by atoms with E-state index in [1.165, 1.54) is 22.5 Å². The van der Waals surface area contributed by atoms with Gasteiger partial charge in [-0.2, -0.15) is 0 Å². The molecule has 0 fully saturated rings. The first-order valence-corrected chi connectivity index (χ1v) is 17.5. The van der Waals surface area contributed by atoms with Crippen LogP contribution in [0.25, 0.3) is 22.7 Å². The van der Waals surface area contributed by atoms with Crippen molar-refractivity contribution in [2.75, 3.05) is 9.80 Å². The SMILES string of the molecule is C1=CCC=CC(n2c(C3=CC=CCC3)nnc2-c2ccc(N(c3ccccc3)c3ccc(N4c5ccccc5C5C=CC=CC54)cc3)cc2)=C1. The van der Waals surface area contributed by atoms with Gasteiger partial charge in [0.1, 0.15) is 0 Å². The van der Waals surface area contributed by atoms with E-state index in [1.807, 2.05) is 0 Å². The predicted octanol–water partition coefficient (Wildman–Crippen LogP) is 11.2. The van der Waals surface area contributed by atoms with Gasteiger partial charge in [-0.1, -0.05) is 97.2 Å². The van der Waals surface area contributed by atoms with Crippen LogP contribution < -0.4 is 9.80 Å². The van der Waals surface area contributed by atoms with Gasteiger partial charge in [-0.25, -0.2) is 0 Å². The lowest BCUT2D eigenvalue weighted by Crippen LogP contribution is -2.28. The van der Waals surface area contributed by atoms with Gasteiger partial charge < -0.3 is 9.80 Å². The van der Waals surface area contributed by atoms with Gasteiger partial charge in [0.15, 0.2) is 11.6 Å². The van der Waals surface area contributed by atoms with Crippen LogP contribution in [0.5, 0.6) is 0 Å². The van der Waals surface area contributed by atoms with E-state index in [-0.39, 0.29) is 6.04 Å². The smallest absolute Gasteiger partial charge is 0.168 e. The van der Waals surface area contributed by atoms with Crippen molar-refractivity contribution in [1.82, 2.24) is 14.8 Å². The number of anilines is 5. The van der Waals surface area contributed by atoms with Crippen LogP contribution >= 0.6 is 0 Å². The first-order valence-electron chi connectivity index (χ1n) is 17.5. The topological polar surface area (TPSA) is 37.2 Å². The lowest BCUT2D eigenvalue weighted by molar-refractivity contribution is 0.745. The molecule has 4 aromatic carbocycles. The van der Waals surface area contributed by atoms with Gasteiger partial charge >= 0.3 is 0 Å². The van der Waals surface area contributed by atoms with Crippen molar-refractivity contribution in [1.29, 1.82) is 0 Å². The van der Waals surface area contributed by atoms with E-state index >= 15 is 0 Å². The first kappa shape index (κ1) is 29.9. The normalized spacial score (nSPS) is 18.8. The molecule has 0 saturated heterocycles. The highest BCUT2D eigenvalue weighted by atomic mass is 15.3. The summed E-state index contributed by atoms with van der Waals surface area (Å²) in [6, 6.07) is 37.3. The number of aromatic nitrogens is 3. The Kier molecular flexibility index (Phi) is 7.78. The molecule has 50 heavy (non-hydrogen) atoms. The second-order valence-electron chi connectivity index (χ2n) is 12.9. The zero-order chi connectivity index (χ0) is 33.3. The van der Waals surface area contributed by atoms with Crippen molar-refractivity contribution in [2.45, 2.75) is 31.2 Å². The molecule has 2 heterocycles. The molecule has 0 spiro atoms. The second kappa shape index (κ2) is 13.0. The number of rotatable bonds is 7. The summed E-state index contributed by atoms with van der Waals surface area (Å²) in [5.74, 6) is 2.09. The van der Waals surface area contributed by atoms with Gasteiger partial charge in [0.25, 0.3) is 0 Å². The van der Waals surface area contributed by atoms with Crippen molar-refractivity contribution in [3.63, 3.8) is 0 Å². The highest BCUT2D eigenvalue weighted by Crippen LogP contribution is 2.48. The Bertz CT molecular complexity index is 2240. The van der Waals surface area contributed by atoms with Gasteiger partial charge in [-0.15, -0.1) is 10.2 Å². The molecule has 0 bridgehead atoms. The monoisotopic (exact) mass is 647 g/mol. The van der Waals surface area contributed by atoms with Crippen LogP contribution in [0.4, 0.5) is 28.4 Å². The minimum atomic E-state index is 0.273. The van der Waals surface area contributed by atoms with Crippen molar-refractivity contribution < 1.29 is 0 Å². The third-order valence-corrected chi connectivity index (χ3v) is 9.93. The second-order valence-corrected chi connectivity index (χ2v) is 12.9. The van der Waals surface area contributed by atoms with Crippen molar-refractivity contribution in [3.05, 3.63) is 187 Å². The molecule has 2 unspecified atom stereocenters. The summed E-state index contributed by atoms with van der Waals surface area (Å²) in [6.45, 7) is 0. The van der Waals surface area contributed by atoms with Crippen LogP contribution in [0.15, 0.2) is 176 Å². The molecule has 5 nitrogen and oxygen atoms in total. The number of hydrogen-bond acceptors (Lipinski definition) is 4. The minimum absolute atomic E-state index is 0.273. The summed E-state index contributed by atoms with van der Waals surface area (Å²) in [6.07, 6.45) is 29.1. The minimum Gasteiger partial charge on any atom is -0.333 e. The maximum absolute atomic E-state index is 4.77. The summed E-state index contributed by atoms with van der Waals surface area (Å²) in [5, 5.41) is 9.52. The van der Waals surface area contributed by atoms with Crippen molar-refractivity contribution >= 4 is 39.7 Å². The maximum Gasteiger partial charge on any atom is 0.168 e. The predicted molar refractivity (Wildman–Crippen MR) is 207 cm³/mol. The Hall–Kier alpha value is -6.20. The van der Waals surface area contributed by atoms with Gasteiger partial charge in [-0.3, -0.25) is 4.57 Å². The lowest BCUT2D eigenvalue weighted by Gasteiger charge is -2.30. The maximum atomic E-state index is 4.77. The van der Waals surface area contributed by atoms with Crippen LogP contribution in [0.1, 0.15) is 36.6 Å². The van der Waals surface area contributed by atoms with Crippen LogP contribution in [-0.4, -0.2) is 20.8 Å². The quantitative estimate of drug-likeness (QED) is 0.176. The average Bonchev–Trinajstić information content (AvgIpc) is 3.66. The molecule has 5 aromatic rings. The van der Waals surface area contributed by atoms with Crippen molar-refractivity contribution in [2.24, 2.45) is 0 Å². The summed E-state index contributed by atoms with van der Waals surface area (Å²) in [7, 11) is 0. The van der Waals surface area contributed by atoms with Gasteiger partial charge in [0, 0.05) is 45.6 Å². The number of para-hydroxylation sites is 2. The Morgan fingerprint density at radius 3 is 2.16 bits per heavy atom. The summed E-state index contributed by atoms with van der Waals surface area (Å²) in [5.41, 5.74) is 10.4. The molecule has 242 valence electrons.